The van der Waals surface area contributed by atoms with Crippen LogP contribution in [-0.2, 0) is 11.4 Å². The molecule has 0 unspecified atom stereocenters. The number of thioether (sulfide) groups is 1. The molecule has 0 fully saturated rings. The summed E-state index contributed by atoms with van der Waals surface area (Å²) in [4.78, 5) is 12.2. The Labute approximate surface area is 176 Å². The van der Waals surface area contributed by atoms with Crippen LogP contribution in [-0.4, -0.2) is 36.1 Å². The molecule has 0 aliphatic heterocycles. The van der Waals surface area contributed by atoms with Gasteiger partial charge in [0.25, 0.3) is 11.1 Å². The lowest BCUT2D eigenvalue weighted by Crippen LogP contribution is -2.14. The molecule has 0 saturated carbocycles. The van der Waals surface area contributed by atoms with Gasteiger partial charge >= 0.3 is 0 Å². The fourth-order valence-corrected chi connectivity index (χ4v) is 2.96. The highest BCUT2D eigenvalue weighted by Crippen LogP contribution is 2.29. The Bertz CT molecular complexity index is 965. The number of aromatic nitrogens is 2. The summed E-state index contributed by atoms with van der Waals surface area (Å²) in [5.74, 6) is 1.91. The van der Waals surface area contributed by atoms with E-state index in [-0.39, 0.29) is 23.5 Å². The Balaban J connectivity index is 1.50. The smallest absolute Gasteiger partial charge is 0.277 e. The van der Waals surface area contributed by atoms with Crippen molar-refractivity contribution in [1.29, 1.82) is 0 Å². The van der Waals surface area contributed by atoms with Gasteiger partial charge in [0, 0.05) is 11.1 Å². The van der Waals surface area contributed by atoms with Crippen molar-refractivity contribution in [3.05, 3.63) is 53.4 Å². The number of nitrogens with one attached hydrogen (secondary N) is 1. The lowest BCUT2D eigenvalue weighted by molar-refractivity contribution is -0.113. The number of hydrogen-bond donors (Lipinski definition) is 1. The maximum absolute atomic E-state index is 12.2. The second-order valence-electron chi connectivity index (χ2n) is 5.61. The maximum atomic E-state index is 12.2. The summed E-state index contributed by atoms with van der Waals surface area (Å²) in [6.07, 6.45) is 0. The molecule has 8 nitrogen and oxygen atoms in total. The summed E-state index contributed by atoms with van der Waals surface area (Å²) >= 11 is 6.95. The van der Waals surface area contributed by atoms with Crippen LogP contribution in [0.1, 0.15) is 5.89 Å². The van der Waals surface area contributed by atoms with Crippen LogP contribution < -0.4 is 19.5 Å². The Hall–Kier alpha value is -2.91. The van der Waals surface area contributed by atoms with E-state index in [1.54, 1.807) is 49.6 Å². The fraction of sp³-hybridized carbons (Fsp3) is 0.211. The van der Waals surface area contributed by atoms with E-state index in [1.165, 1.54) is 7.11 Å². The highest BCUT2D eigenvalue weighted by Gasteiger charge is 2.13. The number of nitrogens with zero attached hydrogens (tertiary/aromatic N) is 2. The van der Waals surface area contributed by atoms with Gasteiger partial charge in [0.05, 0.1) is 25.7 Å². The fourth-order valence-electron chi connectivity index (χ4n) is 2.26. The van der Waals surface area contributed by atoms with Gasteiger partial charge in [-0.25, -0.2) is 0 Å². The second kappa shape index (κ2) is 10.0. The summed E-state index contributed by atoms with van der Waals surface area (Å²) in [7, 11) is 3.07. The highest BCUT2D eigenvalue weighted by atomic mass is 35.5. The summed E-state index contributed by atoms with van der Waals surface area (Å²) in [6.45, 7) is 0.113. The minimum Gasteiger partial charge on any atom is -0.497 e. The normalized spacial score (nSPS) is 10.4. The van der Waals surface area contributed by atoms with Gasteiger partial charge in [0.15, 0.2) is 6.61 Å². The molecule has 0 bridgehead atoms. The van der Waals surface area contributed by atoms with Gasteiger partial charge in [-0.2, -0.15) is 0 Å². The van der Waals surface area contributed by atoms with Crippen molar-refractivity contribution in [3.63, 3.8) is 0 Å². The predicted octanol–water partition coefficient (Wildman–Crippen LogP) is 4.05. The summed E-state index contributed by atoms with van der Waals surface area (Å²) in [5, 5.41) is 11.5. The molecule has 0 radical (unpaired) electrons. The number of hydrogen-bond acceptors (Lipinski definition) is 8. The van der Waals surface area contributed by atoms with Crippen LogP contribution in [0.15, 0.2) is 52.1 Å². The first kappa shape index (κ1) is 20.8. The van der Waals surface area contributed by atoms with Crippen molar-refractivity contribution in [2.45, 2.75) is 11.8 Å². The number of halogens is 1. The van der Waals surface area contributed by atoms with Crippen molar-refractivity contribution in [1.82, 2.24) is 10.2 Å². The first-order valence-electron chi connectivity index (χ1n) is 8.43. The molecule has 29 heavy (non-hydrogen) atoms. The van der Waals surface area contributed by atoms with Gasteiger partial charge in [0.1, 0.15) is 17.2 Å². The molecule has 3 aromatic rings. The molecule has 1 amide bonds. The van der Waals surface area contributed by atoms with Crippen LogP contribution in [0.2, 0.25) is 5.02 Å². The number of carbonyl (C=O) groups is 1. The predicted molar refractivity (Wildman–Crippen MR) is 109 cm³/mol. The van der Waals surface area contributed by atoms with Crippen molar-refractivity contribution >= 4 is 35.0 Å². The molecule has 3 rings (SSSR count). The minimum absolute atomic E-state index is 0.0834. The quantitative estimate of drug-likeness (QED) is 0.503. The topological polar surface area (TPSA) is 95.7 Å². The average Bonchev–Trinajstić information content (AvgIpc) is 3.19. The van der Waals surface area contributed by atoms with Gasteiger partial charge in [-0.1, -0.05) is 23.4 Å². The standard InChI is InChI=1S/C19H18ClN3O5S/c1-25-14-7-8-16(26-2)15(9-14)21-17(24)11-29-19-23-22-18(28-19)10-27-13-5-3-12(20)4-6-13/h3-9H,10-11H2,1-2H3,(H,21,24). The molecular weight excluding hydrogens is 418 g/mol. The van der Waals surface area contributed by atoms with E-state index in [2.05, 4.69) is 15.5 Å². The Kier molecular flexibility index (Phi) is 7.20. The van der Waals surface area contributed by atoms with Crippen molar-refractivity contribution in [3.8, 4) is 17.2 Å². The third kappa shape index (κ3) is 6.03. The van der Waals surface area contributed by atoms with Crippen molar-refractivity contribution in [2.24, 2.45) is 0 Å². The third-order valence-electron chi connectivity index (χ3n) is 3.63. The van der Waals surface area contributed by atoms with Crippen LogP contribution in [0.5, 0.6) is 17.2 Å². The van der Waals surface area contributed by atoms with Gasteiger partial charge in [-0.05, 0) is 36.4 Å². The first-order chi connectivity index (χ1) is 14.1. The Morgan fingerprint density at radius 1 is 1.10 bits per heavy atom. The van der Waals surface area contributed by atoms with Gasteiger partial charge < -0.3 is 23.9 Å². The maximum Gasteiger partial charge on any atom is 0.277 e. The lowest BCUT2D eigenvalue weighted by Gasteiger charge is -2.11. The van der Waals surface area contributed by atoms with Crippen LogP contribution in [0, 0.1) is 0 Å². The van der Waals surface area contributed by atoms with E-state index < -0.39 is 0 Å². The molecule has 1 N–H and O–H groups in total. The van der Waals surface area contributed by atoms with Crippen molar-refractivity contribution < 1.29 is 23.4 Å². The van der Waals surface area contributed by atoms with E-state index >= 15 is 0 Å². The summed E-state index contributed by atoms with van der Waals surface area (Å²) in [6, 6.07) is 12.1. The van der Waals surface area contributed by atoms with E-state index in [0.717, 1.165) is 11.8 Å². The number of ether oxygens (including phenoxy) is 3. The molecule has 0 atom stereocenters. The monoisotopic (exact) mass is 435 g/mol. The molecule has 1 heterocycles. The van der Waals surface area contributed by atoms with E-state index in [4.69, 9.17) is 30.2 Å². The summed E-state index contributed by atoms with van der Waals surface area (Å²) in [5.41, 5.74) is 0.514. The van der Waals surface area contributed by atoms with Gasteiger partial charge in [0.2, 0.25) is 5.91 Å². The number of carbonyl (C=O) groups excluding carboxylic acids is 1. The first-order valence-corrected chi connectivity index (χ1v) is 9.79. The number of anilines is 1. The van der Waals surface area contributed by atoms with E-state index in [1.807, 2.05) is 0 Å². The molecule has 0 aliphatic carbocycles. The van der Waals surface area contributed by atoms with E-state index in [9.17, 15) is 4.79 Å². The molecule has 10 heteroatoms. The third-order valence-corrected chi connectivity index (χ3v) is 4.70. The molecule has 0 spiro atoms. The summed E-state index contributed by atoms with van der Waals surface area (Å²) < 4.78 is 21.4. The van der Waals surface area contributed by atoms with Gasteiger partial charge in [-0.3, -0.25) is 4.79 Å². The Morgan fingerprint density at radius 2 is 1.86 bits per heavy atom. The largest absolute Gasteiger partial charge is 0.497 e. The zero-order valence-electron chi connectivity index (χ0n) is 15.7. The molecular formula is C19H18ClN3O5S. The molecule has 2 aromatic carbocycles. The van der Waals surface area contributed by atoms with E-state index in [0.29, 0.717) is 33.8 Å². The van der Waals surface area contributed by atoms with Crippen molar-refractivity contribution in [2.75, 3.05) is 25.3 Å². The molecule has 1 aromatic heterocycles. The van der Waals surface area contributed by atoms with Crippen LogP contribution >= 0.6 is 23.4 Å². The van der Waals surface area contributed by atoms with Crippen LogP contribution in [0.4, 0.5) is 5.69 Å². The minimum atomic E-state index is -0.251. The average molecular weight is 436 g/mol. The van der Waals surface area contributed by atoms with Crippen LogP contribution in [0.3, 0.4) is 0 Å². The highest BCUT2D eigenvalue weighted by molar-refractivity contribution is 7.99. The molecule has 0 aliphatic rings. The van der Waals surface area contributed by atoms with Crippen LogP contribution in [0.25, 0.3) is 0 Å². The van der Waals surface area contributed by atoms with Gasteiger partial charge in [-0.15, -0.1) is 10.2 Å². The number of methoxy groups -OCH3 is 2. The molecule has 152 valence electrons. The Morgan fingerprint density at radius 3 is 2.59 bits per heavy atom. The number of amides is 1. The molecule has 0 saturated heterocycles. The lowest BCUT2D eigenvalue weighted by atomic mass is 10.2. The SMILES string of the molecule is COc1ccc(OC)c(NC(=O)CSc2nnc(COc3ccc(Cl)cc3)o2)c1. The zero-order chi connectivity index (χ0) is 20.6. The number of benzene rings is 2. The second-order valence-corrected chi connectivity index (χ2v) is 6.97. The number of rotatable bonds is 9. The zero-order valence-corrected chi connectivity index (χ0v) is 17.2.